The lowest BCUT2D eigenvalue weighted by atomic mass is 10.1. The van der Waals surface area contributed by atoms with Gasteiger partial charge in [0.15, 0.2) is 0 Å². The molecule has 0 unspecified atom stereocenters. The molecule has 0 saturated carbocycles. The smallest absolute Gasteiger partial charge is 0.124 e. The Kier molecular flexibility index (Phi) is 6.08. The van der Waals surface area contributed by atoms with Crippen molar-refractivity contribution in [2.75, 3.05) is 5.32 Å². The van der Waals surface area contributed by atoms with E-state index in [0.29, 0.717) is 23.2 Å². The molecule has 134 valence electrons. The van der Waals surface area contributed by atoms with Crippen LogP contribution in [0.25, 0.3) is 0 Å². The third-order valence-electron chi connectivity index (χ3n) is 4.16. The standard InChI is InChI=1S/C22H21Cl2NO/c1-15-6-8-21(16(2)10-15)25-13-18-12-20(24)7-9-22(18)26-14-17-4-3-5-19(23)11-17/h3-12,25H,13-14H2,1-2H3. The summed E-state index contributed by atoms with van der Waals surface area (Å²) in [5, 5.41) is 4.87. The predicted molar refractivity (Wildman–Crippen MR) is 110 cm³/mol. The normalized spacial score (nSPS) is 10.6. The third kappa shape index (κ3) is 4.94. The van der Waals surface area contributed by atoms with Crippen LogP contribution in [-0.4, -0.2) is 0 Å². The molecule has 0 spiro atoms. The lowest BCUT2D eigenvalue weighted by Crippen LogP contribution is -2.05. The van der Waals surface area contributed by atoms with Crippen molar-refractivity contribution in [3.05, 3.63) is 93.0 Å². The molecular weight excluding hydrogens is 365 g/mol. The Morgan fingerprint density at radius 3 is 2.46 bits per heavy atom. The van der Waals surface area contributed by atoms with Gasteiger partial charge in [-0.05, 0) is 61.4 Å². The highest BCUT2D eigenvalue weighted by molar-refractivity contribution is 6.30. The summed E-state index contributed by atoms with van der Waals surface area (Å²) in [5.41, 5.74) is 5.62. The van der Waals surface area contributed by atoms with Crippen LogP contribution in [0, 0.1) is 13.8 Å². The summed E-state index contributed by atoms with van der Waals surface area (Å²) in [6.45, 7) is 5.29. The minimum atomic E-state index is 0.457. The molecule has 3 aromatic rings. The van der Waals surface area contributed by atoms with E-state index in [1.165, 1.54) is 11.1 Å². The lowest BCUT2D eigenvalue weighted by molar-refractivity contribution is 0.303. The first-order valence-corrected chi connectivity index (χ1v) is 9.23. The van der Waals surface area contributed by atoms with Crippen molar-refractivity contribution in [2.24, 2.45) is 0 Å². The van der Waals surface area contributed by atoms with Crippen LogP contribution in [0.4, 0.5) is 5.69 Å². The highest BCUT2D eigenvalue weighted by Gasteiger charge is 2.07. The Hall–Kier alpha value is -2.16. The van der Waals surface area contributed by atoms with Crippen LogP contribution in [0.3, 0.4) is 0 Å². The summed E-state index contributed by atoms with van der Waals surface area (Å²) in [4.78, 5) is 0. The van der Waals surface area contributed by atoms with Crippen molar-refractivity contribution in [3.8, 4) is 5.75 Å². The van der Waals surface area contributed by atoms with Gasteiger partial charge in [-0.2, -0.15) is 0 Å². The predicted octanol–water partition coefficient (Wildman–Crippen LogP) is 6.80. The number of rotatable bonds is 6. The second kappa shape index (κ2) is 8.48. The third-order valence-corrected chi connectivity index (χ3v) is 4.63. The average molecular weight is 386 g/mol. The summed E-state index contributed by atoms with van der Waals surface area (Å²) in [5.74, 6) is 0.812. The lowest BCUT2D eigenvalue weighted by Gasteiger charge is -2.15. The van der Waals surface area contributed by atoms with E-state index in [1.807, 2.05) is 42.5 Å². The molecule has 0 saturated heterocycles. The van der Waals surface area contributed by atoms with E-state index in [2.05, 4.69) is 37.4 Å². The fourth-order valence-electron chi connectivity index (χ4n) is 2.82. The van der Waals surface area contributed by atoms with Crippen molar-refractivity contribution in [1.82, 2.24) is 0 Å². The van der Waals surface area contributed by atoms with E-state index < -0.39 is 0 Å². The molecule has 0 amide bonds. The van der Waals surface area contributed by atoms with Crippen LogP contribution in [0.2, 0.25) is 10.0 Å². The van der Waals surface area contributed by atoms with Crippen LogP contribution in [0.5, 0.6) is 5.75 Å². The zero-order valence-electron chi connectivity index (χ0n) is 14.9. The first-order valence-electron chi connectivity index (χ1n) is 8.48. The van der Waals surface area contributed by atoms with Crippen molar-refractivity contribution < 1.29 is 4.74 Å². The molecule has 3 aromatic carbocycles. The Labute approximate surface area is 164 Å². The van der Waals surface area contributed by atoms with E-state index in [-0.39, 0.29) is 0 Å². The van der Waals surface area contributed by atoms with Crippen LogP contribution in [-0.2, 0) is 13.2 Å². The van der Waals surface area contributed by atoms with Gasteiger partial charge in [-0.3, -0.25) is 0 Å². The van der Waals surface area contributed by atoms with Crippen LogP contribution in [0.1, 0.15) is 22.3 Å². The first kappa shape index (κ1) is 18.6. The fraction of sp³-hybridized carbons (Fsp3) is 0.182. The molecule has 26 heavy (non-hydrogen) atoms. The minimum Gasteiger partial charge on any atom is -0.489 e. The molecule has 0 radical (unpaired) electrons. The molecule has 0 heterocycles. The molecule has 0 aliphatic heterocycles. The number of halogens is 2. The number of hydrogen-bond acceptors (Lipinski definition) is 2. The summed E-state index contributed by atoms with van der Waals surface area (Å²) in [6.07, 6.45) is 0. The summed E-state index contributed by atoms with van der Waals surface area (Å²) >= 11 is 12.2. The molecule has 0 fully saturated rings. The zero-order valence-corrected chi connectivity index (χ0v) is 16.4. The van der Waals surface area contributed by atoms with E-state index in [1.54, 1.807) is 0 Å². The van der Waals surface area contributed by atoms with E-state index in [4.69, 9.17) is 27.9 Å². The second-order valence-electron chi connectivity index (χ2n) is 6.34. The van der Waals surface area contributed by atoms with Gasteiger partial charge in [-0.25, -0.2) is 0 Å². The van der Waals surface area contributed by atoms with E-state index in [0.717, 1.165) is 22.6 Å². The number of aryl methyl sites for hydroxylation is 2. The average Bonchev–Trinajstić information content (AvgIpc) is 2.60. The molecule has 1 N–H and O–H groups in total. The highest BCUT2D eigenvalue weighted by atomic mass is 35.5. The first-order chi connectivity index (χ1) is 12.5. The number of hydrogen-bond donors (Lipinski definition) is 1. The van der Waals surface area contributed by atoms with E-state index >= 15 is 0 Å². The van der Waals surface area contributed by atoms with Crippen LogP contribution >= 0.6 is 23.2 Å². The summed E-state index contributed by atoms with van der Waals surface area (Å²) < 4.78 is 6.01. The molecule has 0 aliphatic carbocycles. The van der Waals surface area contributed by atoms with Gasteiger partial charge in [0.1, 0.15) is 12.4 Å². The number of anilines is 1. The Morgan fingerprint density at radius 2 is 1.69 bits per heavy atom. The van der Waals surface area contributed by atoms with Crippen molar-refractivity contribution in [3.63, 3.8) is 0 Å². The Bertz CT molecular complexity index is 908. The number of ether oxygens (including phenoxy) is 1. The minimum absolute atomic E-state index is 0.457. The summed E-state index contributed by atoms with van der Waals surface area (Å²) in [6, 6.07) is 19.7. The van der Waals surface area contributed by atoms with Gasteiger partial charge >= 0.3 is 0 Å². The Balaban J connectivity index is 1.73. The molecule has 0 aromatic heterocycles. The molecule has 0 aliphatic rings. The quantitative estimate of drug-likeness (QED) is 0.503. The molecule has 0 atom stereocenters. The Morgan fingerprint density at radius 1 is 0.885 bits per heavy atom. The molecule has 0 bridgehead atoms. The summed E-state index contributed by atoms with van der Waals surface area (Å²) in [7, 11) is 0. The van der Waals surface area contributed by atoms with E-state index in [9.17, 15) is 0 Å². The number of benzene rings is 3. The maximum absolute atomic E-state index is 6.19. The van der Waals surface area contributed by atoms with Gasteiger partial charge < -0.3 is 10.1 Å². The van der Waals surface area contributed by atoms with Gasteiger partial charge in [0.25, 0.3) is 0 Å². The van der Waals surface area contributed by atoms with Gasteiger partial charge in [0.2, 0.25) is 0 Å². The van der Waals surface area contributed by atoms with Gasteiger partial charge in [0.05, 0.1) is 0 Å². The molecule has 4 heteroatoms. The van der Waals surface area contributed by atoms with Crippen molar-refractivity contribution in [1.29, 1.82) is 0 Å². The number of nitrogens with one attached hydrogen (secondary N) is 1. The van der Waals surface area contributed by atoms with Crippen LogP contribution < -0.4 is 10.1 Å². The van der Waals surface area contributed by atoms with Gasteiger partial charge in [0, 0.05) is 27.8 Å². The topological polar surface area (TPSA) is 21.3 Å². The zero-order chi connectivity index (χ0) is 18.5. The highest BCUT2D eigenvalue weighted by Crippen LogP contribution is 2.26. The van der Waals surface area contributed by atoms with Crippen molar-refractivity contribution in [2.45, 2.75) is 27.0 Å². The molecule has 3 rings (SSSR count). The second-order valence-corrected chi connectivity index (χ2v) is 7.22. The van der Waals surface area contributed by atoms with Gasteiger partial charge in [-0.1, -0.05) is 53.0 Å². The monoisotopic (exact) mass is 385 g/mol. The van der Waals surface area contributed by atoms with Crippen LogP contribution in [0.15, 0.2) is 60.7 Å². The SMILES string of the molecule is Cc1ccc(NCc2cc(Cl)ccc2OCc2cccc(Cl)c2)c(C)c1. The fourth-order valence-corrected chi connectivity index (χ4v) is 3.22. The maximum Gasteiger partial charge on any atom is 0.124 e. The largest absolute Gasteiger partial charge is 0.489 e. The molecule has 2 nitrogen and oxygen atoms in total. The van der Waals surface area contributed by atoms with Gasteiger partial charge in [-0.15, -0.1) is 0 Å². The molecular formula is C22H21Cl2NO. The maximum atomic E-state index is 6.19. The van der Waals surface area contributed by atoms with Crippen molar-refractivity contribution >= 4 is 28.9 Å².